The van der Waals surface area contributed by atoms with Gasteiger partial charge in [-0.1, -0.05) is 54.6 Å². The molecule has 1 aliphatic heterocycles. The van der Waals surface area contributed by atoms with Crippen molar-refractivity contribution < 1.29 is 14.5 Å². The van der Waals surface area contributed by atoms with Crippen LogP contribution < -0.4 is 10.1 Å². The van der Waals surface area contributed by atoms with Crippen LogP contribution >= 0.6 is 0 Å². The molecule has 3 atom stereocenters. The number of nitrogens with one attached hydrogen (secondary N) is 1. The van der Waals surface area contributed by atoms with E-state index in [1.54, 1.807) is 36.4 Å². The van der Waals surface area contributed by atoms with Gasteiger partial charge in [-0.3, -0.25) is 10.1 Å². The zero-order valence-electron chi connectivity index (χ0n) is 18.8. The Morgan fingerprint density at radius 1 is 0.886 bits per heavy atom. The van der Waals surface area contributed by atoms with Gasteiger partial charge >= 0.3 is 5.97 Å². The number of non-ortho nitro benzene ring substituents is 1. The maximum absolute atomic E-state index is 12.4. The van der Waals surface area contributed by atoms with Crippen molar-refractivity contribution in [2.75, 3.05) is 5.32 Å². The Morgan fingerprint density at radius 2 is 1.63 bits per heavy atom. The highest BCUT2D eigenvalue weighted by Crippen LogP contribution is 2.54. The number of anilines is 1. The minimum absolute atomic E-state index is 0.0141. The monoisotopic (exact) mass is 462 g/mol. The maximum Gasteiger partial charge on any atom is 0.343 e. The Labute approximate surface area is 202 Å². The van der Waals surface area contributed by atoms with E-state index < -0.39 is 5.97 Å². The van der Waals surface area contributed by atoms with E-state index in [1.165, 1.54) is 11.1 Å². The van der Waals surface area contributed by atoms with Gasteiger partial charge in [-0.25, -0.2) is 4.79 Å². The second-order valence-corrected chi connectivity index (χ2v) is 9.02. The fraction of sp³-hybridized carbons (Fsp3) is 0.138. The summed E-state index contributed by atoms with van der Waals surface area (Å²) in [5.74, 6) is 0.374. The lowest BCUT2D eigenvalue weighted by Crippen LogP contribution is -2.30. The highest BCUT2D eigenvalue weighted by Gasteiger charge is 2.43. The lowest BCUT2D eigenvalue weighted by Gasteiger charge is -2.38. The second kappa shape index (κ2) is 8.40. The first-order chi connectivity index (χ1) is 17.1. The average molecular weight is 463 g/mol. The summed E-state index contributed by atoms with van der Waals surface area (Å²) >= 11 is 0. The topological polar surface area (TPSA) is 81.5 Å². The average Bonchev–Trinajstić information content (AvgIpc) is 3.29. The molecule has 0 bridgehead atoms. The molecule has 1 N–H and O–H groups in total. The van der Waals surface area contributed by atoms with Gasteiger partial charge in [-0.15, -0.1) is 0 Å². The number of hydrogen-bond donors (Lipinski definition) is 1. The molecule has 0 aromatic heterocycles. The molecule has 35 heavy (non-hydrogen) atoms. The van der Waals surface area contributed by atoms with E-state index in [1.807, 2.05) is 48.5 Å². The third-order valence-electron chi connectivity index (χ3n) is 7.05. The SMILES string of the molecule is O=C(Oc1ccc([C@@H]2Nc3ccc([N+](=O)[O-])cc3[C@H]3c4ccccc4C[C@@H]32)cc1)c1ccccc1. The predicted molar refractivity (Wildman–Crippen MR) is 133 cm³/mol. The number of ether oxygens (including phenoxy) is 1. The highest BCUT2D eigenvalue weighted by molar-refractivity contribution is 5.90. The highest BCUT2D eigenvalue weighted by atomic mass is 16.6. The summed E-state index contributed by atoms with van der Waals surface area (Å²) < 4.78 is 5.55. The van der Waals surface area contributed by atoms with Gasteiger partial charge in [0.1, 0.15) is 5.75 Å². The third kappa shape index (κ3) is 3.73. The predicted octanol–water partition coefficient (Wildman–Crippen LogP) is 6.29. The molecular formula is C29H22N2O4. The summed E-state index contributed by atoms with van der Waals surface area (Å²) in [6, 6.07) is 30.0. The van der Waals surface area contributed by atoms with Crippen LogP contribution in [0.5, 0.6) is 5.75 Å². The van der Waals surface area contributed by atoms with Crippen LogP contribution in [0.1, 0.15) is 44.6 Å². The van der Waals surface area contributed by atoms with E-state index in [-0.39, 0.29) is 28.5 Å². The van der Waals surface area contributed by atoms with Gasteiger partial charge in [0.2, 0.25) is 0 Å². The van der Waals surface area contributed by atoms with Crippen LogP contribution in [0.15, 0.2) is 97.1 Å². The number of fused-ring (bicyclic) bond motifs is 5. The zero-order chi connectivity index (χ0) is 23.9. The number of nitro benzene ring substituents is 1. The molecule has 1 aliphatic carbocycles. The van der Waals surface area contributed by atoms with Crippen LogP contribution in [0.25, 0.3) is 0 Å². The number of nitrogens with zero attached hydrogens (tertiary/aromatic N) is 1. The van der Waals surface area contributed by atoms with E-state index in [4.69, 9.17) is 4.74 Å². The summed E-state index contributed by atoms with van der Waals surface area (Å²) in [4.78, 5) is 23.5. The van der Waals surface area contributed by atoms with Gasteiger partial charge in [0.15, 0.2) is 0 Å². The Morgan fingerprint density at radius 3 is 2.40 bits per heavy atom. The fourth-order valence-electron chi connectivity index (χ4n) is 5.48. The van der Waals surface area contributed by atoms with Crippen molar-refractivity contribution >= 4 is 17.3 Å². The quantitative estimate of drug-likeness (QED) is 0.167. The Balaban J connectivity index is 1.33. The van der Waals surface area contributed by atoms with Crippen LogP contribution in [0.3, 0.4) is 0 Å². The van der Waals surface area contributed by atoms with Crippen molar-refractivity contribution in [3.63, 3.8) is 0 Å². The van der Waals surface area contributed by atoms with E-state index in [0.29, 0.717) is 11.3 Å². The number of carbonyl (C=O) groups is 1. The lowest BCUT2D eigenvalue weighted by molar-refractivity contribution is -0.384. The second-order valence-electron chi connectivity index (χ2n) is 9.02. The summed E-state index contributed by atoms with van der Waals surface area (Å²) in [5.41, 5.74) is 6.09. The first-order valence-corrected chi connectivity index (χ1v) is 11.6. The van der Waals surface area contributed by atoms with Crippen molar-refractivity contribution in [1.29, 1.82) is 0 Å². The van der Waals surface area contributed by atoms with Gasteiger partial charge in [0.05, 0.1) is 16.5 Å². The number of esters is 1. The minimum atomic E-state index is -0.393. The lowest BCUT2D eigenvalue weighted by atomic mass is 9.75. The first-order valence-electron chi connectivity index (χ1n) is 11.6. The molecule has 6 rings (SSSR count). The molecule has 1 heterocycles. The van der Waals surface area contributed by atoms with Crippen LogP contribution in [0, 0.1) is 16.0 Å². The number of hydrogen-bond acceptors (Lipinski definition) is 5. The molecule has 0 fully saturated rings. The zero-order valence-corrected chi connectivity index (χ0v) is 18.8. The van der Waals surface area contributed by atoms with E-state index >= 15 is 0 Å². The third-order valence-corrected chi connectivity index (χ3v) is 7.05. The number of benzene rings is 4. The van der Waals surface area contributed by atoms with Gasteiger partial charge in [0, 0.05) is 23.7 Å². The summed E-state index contributed by atoms with van der Waals surface area (Å²) in [7, 11) is 0. The molecule has 0 unspecified atom stereocenters. The number of carbonyl (C=O) groups excluding carboxylic acids is 1. The summed E-state index contributed by atoms with van der Waals surface area (Å²) in [5, 5.41) is 15.1. The normalized spacial score (nSPS) is 19.6. The Kier molecular flexibility index (Phi) is 5.07. The molecule has 0 saturated carbocycles. The van der Waals surface area contributed by atoms with Crippen LogP contribution in [0.4, 0.5) is 11.4 Å². The first kappa shape index (κ1) is 21.1. The largest absolute Gasteiger partial charge is 0.423 e. The van der Waals surface area contributed by atoms with Crippen molar-refractivity contribution in [3.05, 3.63) is 135 Å². The smallest absolute Gasteiger partial charge is 0.343 e. The molecule has 4 aromatic rings. The van der Waals surface area contributed by atoms with Crippen LogP contribution in [0.2, 0.25) is 0 Å². The van der Waals surface area contributed by atoms with Crippen molar-refractivity contribution in [2.24, 2.45) is 5.92 Å². The Bertz CT molecular complexity index is 1430. The van der Waals surface area contributed by atoms with Gasteiger partial charge in [-0.05, 0) is 64.9 Å². The van der Waals surface area contributed by atoms with Crippen LogP contribution in [-0.4, -0.2) is 10.9 Å². The molecule has 6 nitrogen and oxygen atoms in total. The molecule has 6 heteroatoms. The van der Waals surface area contributed by atoms with Crippen molar-refractivity contribution in [2.45, 2.75) is 18.4 Å². The molecule has 4 aromatic carbocycles. The van der Waals surface area contributed by atoms with E-state index in [9.17, 15) is 14.9 Å². The van der Waals surface area contributed by atoms with Crippen molar-refractivity contribution in [1.82, 2.24) is 0 Å². The summed E-state index contributed by atoms with van der Waals surface area (Å²) in [6.45, 7) is 0. The van der Waals surface area contributed by atoms with Gasteiger partial charge < -0.3 is 10.1 Å². The fourth-order valence-corrected chi connectivity index (χ4v) is 5.48. The maximum atomic E-state index is 12.4. The number of rotatable bonds is 4. The molecule has 0 radical (unpaired) electrons. The van der Waals surface area contributed by atoms with E-state index in [2.05, 4.69) is 17.4 Å². The van der Waals surface area contributed by atoms with Gasteiger partial charge in [0.25, 0.3) is 5.69 Å². The molecule has 0 saturated heterocycles. The Hall–Kier alpha value is -4.45. The molecule has 172 valence electrons. The molecular weight excluding hydrogens is 440 g/mol. The van der Waals surface area contributed by atoms with Gasteiger partial charge in [-0.2, -0.15) is 0 Å². The molecule has 2 aliphatic rings. The standard InChI is InChI=1S/C29H22N2O4/c32-29(19-6-2-1-3-7-19)35-22-13-10-18(11-14-22)28-25-16-20-8-4-5-9-23(20)27(25)24-17-21(31(33)34)12-15-26(24)30-28/h1-15,17,25,27-28,30H,16H2/t25-,27+,28-/m0/s1. The van der Waals surface area contributed by atoms with E-state index in [0.717, 1.165) is 23.2 Å². The molecule has 0 amide bonds. The van der Waals surface area contributed by atoms with Crippen molar-refractivity contribution in [3.8, 4) is 5.75 Å². The number of nitro groups is 1. The summed E-state index contributed by atoms with van der Waals surface area (Å²) in [6.07, 6.45) is 0.880. The molecule has 0 spiro atoms. The van der Waals surface area contributed by atoms with Crippen LogP contribution in [-0.2, 0) is 6.42 Å². The minimum Gasteiger partial charge on any atom is -0.423 e.